The molecular formula is C12H26N2. The fourth-order valence-electron chi connectivity index (χ4n) is 2.48. The molecule has 0 amide bonds. The topological polar surface area (TPSA) is 6.48 Å². The fraction of sp³-hybridized carbons (Fsp3) is 1.00. The average molecular weight is 198 g/mol. The van der Waals surface area contributed by atoms with Crippen molar-refractivity contribution in [2.45, 2.75) is 52.6 Å². The van der Waals surface area contributed by atoms with E-state index in [-0.39, 0.29) is 0 Å². The summed E-state index contributed by atoms with van der Waals surface area (Å²) in [4.78, 5) is 5.28. The Hall–Kier alpha value is -0.0800. The Kier molecular flexibility index (Phi) is 4.90. The third-order valence-electron chi connectivity index (χ3n) is 3.35. The second-order valence-corrected chi connectivity index (χ2v) is 4.42. The molecule has 2 aliphatic heterocycles. The maximum atomic E-state index is 2.67. The van der Waals surface area contributed by atoms with Crippen LogP contribution in [0, 0.1) is 0 Å². The highest BCUT2D eigenvalue weighted by molar-refractivity contribution is 4.87. The molecule has 0 radical (unpaired) electrons. The largest absolute Gasteiger partial charge is 0.298 e. The molecule has 2 heterocycles. The third kappa shape index (κ3) is 2.71. The summed E-state index contributed by atoms with van der Waals surface area (Å²) in [5, 5.41) is 0. The van der Waals surface area contributed by atoms with Crippen LogP contribution in [0.5, 0.6) is 0 Å². The van der Waals surface area contributed by atoms with Crippen LogP contribution in [-0.2, 0) is 0 Å². The Balaban J connectivity index is 0.000000461. The molecule has 1 atom stereocenters. The third-order valence-corrected chi connectivity index (χ3v) is 3.35. The van der Waals surface area contributed by atoms with Crippen LogP contribution in [0.4, 0.5) is 0 Å². The molecule has 0 saturated carbocycles. The molecule has 0 spiro atoms. The van der Waals surface area contributed by atoms with E-state index in [1.165, 1.54) is 39.0 Å². The average Bonchev–Trinajstić information content (AvgIpc) is 2.67. The van der Waals surface area contributed by atoms with Gasteiger partial charge in [0.15, 0.2) is 0 Å². The van der Waals surface area contributed by atoms with Crippen LogP contribution in [0.25, 0.3) is 0 Å². The predicted molar refractivity (Wildman–Crippen MR) is 62.7 cm³/mol. The smallest absolute Gasteiger partial charge is 0.0224 e. The van der Waals surface area contributed by atoms with Crippen molar-refractivity contribution in [2.24, 2.45) is 0 Å². The van der Waals surface area contributed by atoms with E-state index < -0.39 is 0 Å². The van der Waals surface area contributed by atoms with E-state index in [0.717, 1.165) is 12.1 Å². The summed E-state index contributed by atoms with van der Waals surface area (Å²) in [5.74, 6) is 0. The lowest BCUT2D eigenvalue weighted by Gasteiger charge is -2.39. The standard InChI is InChI=1S/C10H20N2.C2H6/c1-9(2)12-7-6-11-5-3-4-10(11)8-12;1-2/h9-10H,3-8H2,1-2H3;1-2H3/t10-;/m0./s1. The van der Waals surface area contributed by atoms with Gasteiger partial charge in [0.1, 0.15) is 0 Å². The molecule has 0 aromatic carbocycles. The van der Waals surface area contributed by atoms with E-state index >= 15 is 0 Å². The number of hydrogen-bond donors (Lipinski definition) is 0. The lowest BCUT2D eigenvalue weighted by Crippen LogP contribution is -2.52. The van der Waals surface area contributed by atoms with E-state index in [0.29, 0.717) is 0 Å². The first kappa shape index (κ1) is 12.0. The Morgan fingerprint density at radius 1 is 1.07 bits per heavy atom. The minimum Gasteiger partial charge on any atom is -0.298 e. The van der Waals surface area contributed by atoms with E-state index in [9.17, 15) is 0 Å². The molecule has 84 valence electrons. The quantitative estimate of drug-likeness (QED) is 0.637. The Morgan fingerprint density at radius 2 is 1.79 bits per heavy atom. The summed E-state index contributed by atoms with van der Waals surface area (Å²) in [6.45, 7) is 13.9. The van der Waals surface area contributed by atoms with Crippen molar-refractivity contribution >= 4 is 0 Å². The van der Waals surface area contributed by atoms with E-state index in [1.807, 2.05) is 13.8 Å². The highest BCUT2D eigenvalue weighted by Crippen LogP contribution is 2.22. The molecule has 2 aliphatic rings. The fourth-order valence-corrected chi connectivity index (χ4v) is 2.48. The summed E-state index contributed by atoms with van der Waals surface area (Å²) in [7, 11) is 0. The van der Waals surface area contributed by atoms with E-state index in [4.69, 9.17) is 0 Å². The van der Waals surface area contributed by atoms with Crippen molar-refractivity contribution in [3.8, 4) is 0 Å². The van der Waals surface area contributed by atoms with Crippen molar-refractivity contribution in [1.29, 1.82) is 0 Å². The zero-order chi connectivity index (χ0) is 10.6. The number of rotatable bonds is 1. The van der Waals surface area contributed by atoms with Gasteiger partial charge in [-0.25, -0.2) is 0 Å². The molecule has 14 heavy (non-hydrogen) atoms. The summed E-state index contributed by atoms with van der Waals surface area (Å²) >= 11 is 0. The number of hydrogen-bond acceptors (Lipinski definition) is 2. The van der Waals surface area contributed by atoms with Crippen LogP contribution < -0.4 is 0 Å². The monoisotopic (exact) mass is 198 g/mol. The van der Waals surface area contributed by atoms with Crippen molar-refractivity contribution in [3.05, 3.63) is 0 Å². The van der Waals surface area contributed by atoms with Gasteiger partial charge in [-0.2, -0.15) is 0 Å². The normalized spacial score (nSPS) is 28.5. The van der Waals surface area contributed by atoms with Gasteiger partial charge in [0.05, 0.1) is 0 Å². The van der Waals surface area contributed by atoms with Crippen LogP contribution in [0.3, 0.4) is 0 Å². The number of nitrogens with zero attached hydrogens (tertiary/aromatic N) is 2. The van der Waals surface area contributed by atoms with Crippen LogP contribution in [0.15, 0.2) is 0 Å². The highest BCUT2D eigenvalue weighted by atomic mass is 15.3. The predicted octanol–water partition coefficient (Wildman–Crippen LogP) is 2.20. The zero-order valence-electron chi connectivity index (χ0n) is 10.3. The van der Waals surface area contributed by atoms with E-state index in [2.05, 4.69) is 23.6 Å². The zero-order valence-corrected chi connectivity index (χ0v) is 10.3. The Morgan fingerprint density at radius 3 is 2.43 bits per heavy atom. The summed E-state index contributed by atoms with van der Waals surface area (Å²) in [5.41, 5.74) is 0. The molecule has 2 rings (SSSR count). The Labute approximate surface area is 89.3 Å². The van der Waals surface area contributed by atoms with Gasteiger partial charge in [0, 0.05) is 31.7 Å². The second kappa shape index (κ2) is 5.72. The SMILES string of the molecule is CC.CC(C)N1CCN2CCC[C@H]2C1. The molecule has 0 bridgehead atoms. The van der Waals surface area contributed by atoms with Crippen LogP contribution >= 0.6 is 0 Å². The van der Waals surface area contributed by atoms with Crippen molar-refractivity contribution in [2.75, 3.05) is 26.2 Å². The van der Waals surface area contributed by atoms with Gasteiger partial charge in [-0.15, -0.1) is 0 Å². The first-order valence-corrected chi connectivity index (χ1v) is 6.25. The van der Waals surface area contributed by atoms with Gasteiger partial charge in [-0.3, -0.25) is 9.80 Å². The molecule has 0 aromatic rings. The van der Waals surface area contributed by atoms with E-state index in [1.54, 1.807) is 0 Å². The maximum absolute atomic E-state index is 2.67. The lowest BCUT2D eigenvalue weighted by atomic mass is 10.1. The van der Waals surface area contributed by atoms with Gasteiger partial charge >= 0.3 is 0 Å². The molecule has 2 heteroatoms. The molecular weight excluding hydrogens is 172 g/mol. The summed E-state index contributed by atoms with van der Waals surface area (Å²) in [6, 6.07) is 1.63. The van der Waals surface area contributed by atoms with Crippen molar-refractivity contribution in [3.63, 3.8) is 0 Å². The van der Waals surface area contributed by atoms with Gasteiger partial charge in [0.25, 0.3) is 0 Å². The molecule has 0 unspecified atom stereocenters. The molecule has 2 nitrogen and oxygen atoms in total. The minimum absolute atomic E-state index is 0.743. The van der Waals surface area contributed by atoms with Gasteiger partial charge in [-0.05, 0) is 33.2 Å². The second-order valence-electron chi connectivity index (χ2n) is 4.42. The Bertz CT molecular complexity index is 156. The lowest BCUT2D eigenvalue weighted by molar-refractivity contribution is 0.0827. The van der Waals surface area contributed by atoms with Crippen LogP contribution in [0.1, 0.15) is 40.5 Å². The van der Waals surface area contributed by atoms with Gasteiger partial charge in [-0.1, -0.05) is 13.8 Å². The number of fused-ring (bicyclic) bond motifs is 1. The molecule has 0 aliphatic carbocycles. The van der Waals surface area contributed by atoms with Crippen LogP contribution in [-0.4, -0.2) is 48.1 Å². The minimum atomic E-state index is 0.743. The highest BCUT2D eigenvalue weighted by Gasteiger charge is 2.30. The molecule has 2 saturated heterocycles. The summed E-state index contributed by atoms with van der Waals surface area (Å²) < 4.78 is 0. The van der Waals surface area contributed by atoms with Crippen molar-refractivity contribution in [1.82, 2.24) is 9.80 Å². The molecule has 0 N–H and O–H groups in total. The molecule has 2 fully saturated rings. The maximum Gasteiger partial charge on any atom is 0.0224 e. The van der Waals surface area contributed by atoms with Crippen LogP contribution in [0.2, 0.25) is 0 Å². The molecule has 0 aromatic heterocycles. The number of piperazine rings is 1. The summed E-state index contributed by atoms with van der Waals surface area (Å²) in [6.07, 6.45) is 2.86. The van der Waals surface area contributed by atoms with Crippen molar-refractivity contribution < 1.29 is 0 Å². The first-order valence-electron chi connectivity index (χ1n) is 6.25. The van der Waals surface area contributed by atoms with Gasteiger partial charge in [0.2, 0.25) is 0 Å². The van der Waals surface area contributed by atoms with Gasteiger partial charge < -0.3 is 0 Å². The first-order chi connectivity index (χ1) is 6.77.